The lowest BCUT2D eigenvalue weighted by Crippen LogP contribution is -2.17. The summed E-state index contributed by atoms with van der Waals surface area (Å²) in [6.07, 6.45) is 3.59. The summed E-state index contributed by atoms with van der Waals surface area (Å²) in [7, 11) is 0. The van der Waals surface area contributed by atoms with Crippen LogP contribution in [0.3, 0.4) is 0 Å². The second kappa shape index (κ2) is 8.99. The maximum absolute atomic E-state index is 12.4. The molecule has 0 spiro atoms. The SMILES string of the molecule is O=C(N/N=C/c1cn(Cc2ccc3ccccc3c2)c2ccccc12)c1cccc([N+](=O)[O-])c1. The summed E-state index contributed by atoms with van der Waals surface area (Å²) >= 11 is 0. The number of aromatic nitrogens is 1. The molecule has 0 bridgehead atoms. The van der Waals surface area contributed by atoms with Crippen LogP contribution in [-0.4, -0.2) is 21.6 Å². The highest BCUT2D eigenvalue weighted by molar-refractivity contribution is 6.00. The molecule has 5 aromatic rings. The van der Waals surface area contributed by atoms with Crippen LogP contribution in [0, 0.1) is 10.1 Å². The third-order valence-electron chi connectivity index (χ3n) is 5.68. The van der Waals surface area contributed by atoms with Crippen LogP contribution in [0.4, 0.5) is 5.69 Å². The van der Waals surface area contributed by atoms with Gasteiger partial charge in [0, 0.05) is 46.9 Å². The van der Waals surface area contributed by atoms with E-state index in [2.05, 4.69) is 51.5 Å². The van der Waals surface area contributed by atoms with Gasteiger partial charge in [-0.3, -0.25) is 14.9 Å². The average molecular weight is 448 g/mol. The van der Waals surface area contributed by atoms with E-state index in [0.29, 0.717) is 6.54 Å². The molecule has 5 rings (SSSR count). The summed E-state index contributed by atoms with van der Waals surface area (Å²) in [6.45, 7) is 0.694. The van der Waals surface area contributed by atoms with Crippen LogP contribution in [0.25, 0.3) is 21.7 Å². The van der Waals surface area contributed by atoms with Crippen LogP contribution < -0.4 is 5.43 Å². The number of nitrogens with one attached hydrogen (secondary N) is 1. The number of nitrogens with zero attached hydrogens (tertiary/aromatic N) is 3. The summed E-state index contributed by atoms with van der Waals surface area (Å²) in [4.78, 5) is 22.8. The summed E-state index contributed by atoms with van der Waals surface area (Å²) in [5.74, 6) is -0.514. The Morgan fingerprint density at radius 1 is 0.941 bits per heavy atom. The molecular weight excluding hydrogens is 428 g/mol. The van der Waals surface area contributed by atoms with Crippen LogP contribution in [0.2, 0.25) is 0 Å². The number of fused-ring (bicyclic) bond motifs is 2. The molecule has 0 saturated heterocycles. The molecule has 0 radical (unpaired) electrons. The number of hydrogen-bond donors (Lipinski definition) is 1. The summed E-state index contributed by atoms with van der Waals surface area (Å²) in [6, 6.07) is 28.3. The Kier molecular flexibility index (Phi) is 5.58. The molecule has 1 heterocycles. The van der Waals surface area contributed by atoms with Gasteiger partial charge >= 0.3 is 0 Å². The van der Waals surface area contributed by atoms with Gasteiger partial charge in [-0.1, -0.05) is 60.7 Å². The number of nitro benzene ring substituents is 1. The third-order valence-corrected chi connectivity index (χ3v) is 5.68. The van der Waals surface area contributed by atoms with Crippen LogP contribution in [-0.2, 0) is 6.54 Å². The highest BCUT2D eigenvalue weighted by atomic mass is 16.6. The van der Waals surface area contributed by atoms with Gasteiger partial charge < -0.3 is 4.57 Å². The van der Waals surface area contributed by atoms with Crippen LogP contribution in [0.15, 0.2) is 102 Å². The second-order valence-corrected chi connectivity index (χ2v) is 7.92. The van der Waals surface area contributed by atoms with Crippen molar-refractivity contribution in [3.8, 4) is 0 Å². The van der Waals surface area contributed by atoms with Gasteiger partial charge in [0.1, 0.15) is 0 Å². The summed E-state index contributed by atoms with van der Waals surface area (Å²) in [5, 5.41) is 18.4. The minimum Gasteiger partial charge on any atom is -0.342 e. The number of amides is 1. The normalized spacial score (nSPS) is 11.3. The van der Waals surface area contributed by atoms with Crippen molar-refractivity contribution in [1.29, 1.82) is 0 Å². The standard InChI is InChI=1S/C27H20N4O3/c32-27(22-8-5-9-24(15-22)31(33)34)29-28-16-23-18-30(26-11-4-3-10-25(23)26)17-19-12-13-20-6-1-2-7-21(20)14-19/h1-16,18H,17H2,(H,29,32)/b28-16+. The first-order valence-electron chi connectivity index (χ1n) is 10.7. The van der Waals surface area contributed by atoms with Gasteiger partial charge in [-0.25, -0.2) is 5.43 Å². The number of carbonyl (C=O) groups is 1. The van der Waals surface area contributed by atoms with Crippen molar-refractivity contribution >= 4 is 39.5 Å². The maximum atomic E-state index is 12.4. The minimum absolute atomic E-state index is 0.145. The van der Waals surface area contributed by atoms with Crippen molar-refractivity contribution in [2.45, 2.75) is 6.54 Å². The number of nitro groups is 1. The molecule has 0 atom stereocenters. The van der Waals surface area contributed by atoms with Crippen molar-refractivity contribution in [3.05, 3.63) is 124 Å². The summed E-state index contributed by atoms with van der Waals surface area (Å²) < 4.78 is 2.16. The average Bonchev–Trinajstić information content (AvgIpc) is 3.21. The predicted octanol–water partition coefficient (Wildman–Crippen LogP) is 5.51. The van der Waals surface area contributed by atoms with E-state index in [9.17, 15) is 14.9 Å². The number of rotatable bonds is 6. The van der Waals surface area contributed by atoms with E-state index in [-0.39, 0.29) is 11.3 Å². The van der Waals surface area contributed by atoms with E-state index in [1.165, 1.54) is 40.6 Å². The zero-order valence-corrected chi connectivity index (χ0v) is 18.1. The number of benzene rings is 4. The molecule has 34 heavy (non-hydrogen) atoms. The van der Waals surface area contributed by atoms with Gasteiger partial charge in [-0.2, -0.15) is 5.10 Å². The molecule has 0 unspecified atom stereocenters. The molecule has 0 fully saturated rings. The monoisotopic (exact) mass is 448 g/mol. The zero-order valence-electron chi connectivity index (χ0n) is 18.1. The van der Waals surface area contributed by atoms with E-state index in [0.717, 1.165) is 16.5 Å². The van der Waals surface area contributed by atoms with E-state index in [1.807, 2.05) is 36.5 Å². The van der Waals surface area contributed by atoms with Crippen molar-refractivity contribution in [2.24, 2.45) is 5.10 Å². The first-order chi connectivity index (χ1) is 16.6. The highest BCUT2D eigenvalue weighted by Crippen LogP contribution is 2.23. The Morgan fingerprint density at radius 2 is 1.74 bits per heavy atom. The topological polar surface area (TPSA) is 89.5 Å². The number of non-ortho nitro benzene ring substituents is 1. The molecule has 7 heteroatoms. The van der Waals surface area contributed by atoms with E-state index in [4.69, 9.17) is 0 Å². The molecule has 1 amide bonds. The number of hydrazone groups is 1. The zero-order chi connectivity index (χ0) is 23.5. The van der Waals surface area contributed by atoms with Gasteiger partial charge in [0.15, 0.2) is 0 Å². The fraction of sp³-hybridized carbons (Fsp3) is 0.0370. The lowest BCUT2D eigenvalue weighted by atomic mass is 10.1. The van der Waals surface area contributed by atoms with Crippen molar-refractivity contribution in [3.63, 3.8) is 0 Å². The fourth-order valence-corrected chi connectivity index (χ4v) is 4.03. The van der Waals surface area contributed by atoms with Gasteiger partial charge in [-0.15, -0.1) is 0 Å². The highest BCUT2D eigenvalue weighted by Gasteiger charge is 2.11. The maximum Gasteiger partial charge on any atom is 0.271 e. The molecule has 166 valence electrons. The number of hydrogen-bond acceptors (Lipinski definition) is 4. The van der Waals surface area contributed by atoms with Crippen LogP contribution in [0.5, 0.6) is 0 Å². The third kappa shape index (κ3) is 4.27. The first-order valence-corrected chi connectivity index (χ1v) is 10.7. The lowest BCUT2D eigenvalue weighted by Gasteiger charge is -2.07. The molecule has 1 N–H and O–H groups in total. The van der Waals surface area contributed by atoms with E-state index in [1.54, 1.807) is 6.21 Å². The molecule has 0 aliphatic heterocycles. The largest absolute Gasteiger partial charge is 0.342 e. The molecular formula is C27H20N4O3. The van der Waals surface area contributed by atoms with Gasteiger partial charge in [-0.05, 0) is 34.5 Å². The van der Waals surface area contributed by atoms with Gasteiger partial charge in [0.05, 0.1) is 11.1 Å². The van der Waals surface area contributed by atoms with Gasteiger partial charge in [0.25, 0.3) is 11.6 Å². The molecule has 0 aliphatic carbocycles. The fourth-order valence-electron chi connectivity index (χ4n) is 4.03. The van der Waals surface area contributed by atoms with E-state index >= 15 is 0 Å². The molecule has 0 aliphatic rings. The van der Waals surface area contributed by atoms with Crippen molar-refractivity contribution in [1.82, 2.24) is 9.99 Å². The quantitative estimate of drug-likeness (QED) is 0.211. The number of carbonyl (C=O) groups excluding carboxylic acids is 1. The Balaban J connectivity index is 1.38. The Labute approximate surface area is 195 Å². The molecule has 4 aromatic carbocycles. The Bertz CT molecular complexity index is 1570. The Morgan fingerprint density at radius 3 is 2.59 bits per heavy atom. The van der Waals surface area contributed by atoms with Crippen molar-refractivity contribution in [2.75, 3.05) is 0 Å². The van der Waals surface area contributed by atoms with E-state index < -0.39 is 10.8 Å². The van der Waals surface area contributed by atoms with Crippen LogP contribution in [0.1, 0.15) is 21.5 Å². The lowest BCUT2D eigenvalue weighted by molar-refractivity contribution is -0.384. The first kappa shape index (κ1) is 21.1. The second-order valence-electron chi connectivity index (χ2n) is 7.92. The molecule has 1 aromatic heterocycles. The van der Waals surface area contributed by atoms with Gasteiger partial charge in [0.2, 0.25) is 0 Å². The van der Waals surface area contributed by atoms with Crippen LogP contribution >= 0.6 is 0 Å². The number of para-hydroxylation sites is 1. The summed E-state index contributed by atoms with van der Waals surface area (Å²) in [5.41, 5.74) is 5.58. The smallest absolute Gasteiger partial charge is 0.271 e. The predicted molar refractivity (Wildman–Crippen MR) is 133 cm³/mol. The van der Waals surface area contributed by atoms with Crippen molar-refractivity contribution < 1.29 is 9.72 Å². The molecule has 7 nitrogen and oxygen atoms in total. The molecule has 0 saturated carbocycles. The minimum atomic E-state index is -0.537. The Hall–Kier alpha value is -4.78.